The molecule has 5 heteroatoms. The van der Waals surface area contributed by atoms with Crippen molar-refractivity contribution in [1.29, 1.82) is 0 Å². The Labute approximate surface area is 134 Å². The van der Waals surface area contributed by atoms with E-state index in [0.717, 1.165) is 6.42 Å². The number of nitrogens with zero attached hydrogens (tertiary/aromatic N) is 1. The van der Waals surface area contributed by atoms with Crippen LogP contribution in [0.4, 0.5) is 5.69 Å². The molecule has 0 unspecified atom stereocenters. The third-order valence-electron chi connectivity index (χ3n) is 3.72. The Morgan fingerprint density at radius 3 is 2.95 bits per heavy atom. The lowest BCUT2D eigenvalue weighted by Gasteiger charge is -2.17. The Bertz CT molecular complexity index is 648. The Morgan fingerprint density at radius 1 is 1.29 bits per heavy atom. The first kappa shape index (κ1) is 14.7. The van der Waals surface area contributed by atoms with Crippen molar-refractivity contribution in [3.05, 3.63) is 40.4 Å². The number of aryl methyl sites for hydroxylation is 1. The standard InChI is InChI=1S/C16H21N3S2/c1-3-4-5-6-12-10-17-15-8-7-13(9-14(12)15)19-18-11-16(20-2)21-19/h7-11,17-18H,3-6H2,1-2H3. The van der Waals surface area contributed by atoms with Crippen molar-refractivity contribution >= 4 is 40.3 Å². The Balaban J connectivity index is 1.80. The maximum absolute atomic E-state index is 3.39. The van der Waals surface area contributed by atoms with E-state index in [1.807, 2.05) is 0 Å². The zero-order valence-corrected chi connectivity index (χ0v) is 14.1. The number of rotatable bonds is 6. The number of anilines is 1. The van der Waals surface area contributed by atoms with Crippen LogP contribution < -0.4 is 9.84 Å². The molecule has 0 saturated heterocycles. The molecule has 3 rings (SSSR count). The molecule has 0 bridgehead atoms. The summed E-state index contributed by atoms with van der Waals surface area (Å²) in [5, 5.41) is 1.35. The highest BCUT2D eigenvalue weighted by molar-refractivity contribution is 8.22. The number of unbranched alkanes of at least 4 members (excludes halogenated alkanes) is 2. The summed E-state index contributed by atoms with van der Waals surface area (Å²) in [5.74, 6) is 0. The molecule has 0 fully saturated rings. The van der Waals surface area contributed by atoms with E-state index in [4.69, 9.17) is 0 Å². The van der Waals surface area contributed by atoms with Gasteiger partial charge < -0.3 is 4.98 Å². The predicted octanol–water partition coefficient (Wildman–Crippen LogP) is 5.04. The van der Waals surface area contributed by atoms with E-state index in [2.05, 4.69) is 58.6 Å². The summed E-state index contributed by atoms with van der Waals surface area (Å²) >= 11 is 3.50. The van der Waals surface area contributed by atoms with Crippen LogP contribution in [0.15, 0.2) is 34.8 Å². The van der Waals surface area contributed by atoms with Crippen LogP contribution in [-0.4, -0.2) is 11.2 Å². The first-order chi connectivity index (χ1) is 10.3. The molecule has 21 heavy (non-hydrogen) atoms. The van der Waals surface area contributed by atoms with Gasteiger partial charge >= 0.3 is 0 Å². The highest BCUT2D eigenvalue weighted by Crippen LogP contribution is 2.37. The van der Waals surface area contributed by atoms with Crippen molar-refractivity contribution in [3.63, 3.8) is 0 Å². The zero-order chi connectivity index (χ0) is 14.7. The second-order valence-corrected chi connectivity index (χ2v) is 7.28. The van der Waals surface area contributed by atoms with E-state index in [0.29, 0.717) is 0 Å². The minimum absolute atomic E-state index is 1.16. The molecule has 0 spiro atoms. The Hall–Kier alpha value is -1.20. The first-order valence-corrected chi connectivity index (χ1v) is 9.40. The van der Waals surface area contributed by atoms with Crippen LogP contribution in [-0.2, 0) is 6.42 Å². The van der Waals surface area contributed by atoms with E-state index in [1.54, 1.807) is 23.7 Å². The molecule has 1 aliphatic rings. The van der Waals surface area contributed by atoms with Crippen LogP contribution in [0, 0.1) is 0 Å². The largest absolute Gasteiger partial charge is 0.361 e. The van der Waals surface area contributed by atoms with Gasteiger partial charge in [0, 0.05) is 35.2 Å². The lowest BCUT2D eigenvalue weighted by atomic mass is 10.1. The summed E-state index contributed by atoms with van der Waals surface area (Å²) in [5.41, 5.74) is 7.17. The normalized spacial score (nSPS) is 14.6. The van der Waals surface area contributed by atoms with Crippen molar-refractivity contribution in [3.8, 4) is 0 Å². The second-order valence-electron chi connectivity index (χ2n) is 5.18. The van der Waals surface area contributed by atoms with Gasteiger partial charge in [-0.15, -0.1) is 11.8 Å². The number of nitrogens with one attached hydrogen (secondary N) is 2. The van der Waals surface area contributed by atoms with Crippen LogP contribution in [0.5, 0.6) is 0 Å². The van der Waals surface area contributed by atoms with Crippen LogP contribution in [0.3, 0.4) is 0 Å². The number of hydrazine groups is 1. The van der Waals surface area contributed by atoms with Gasteiger partial charge in [0.15, 0.2) is 0 Å². The summed E-state index contributed by atoms with van der Waals surface area (Å²) in [7, 11) is 0. The highest BCUT2D eigenvalue weighted by Gasteiger charge is 2.16. The SMILES string of the molecule is CCCCCc1c[nH]c2ccc(N3NC=C(SC)S3)cc12. The van der Waals surface area contributed by atoms with Gasteiger partial charge in [-0.25, -0.2) is 4.41 Å². The van der Waals surface area contributed by atoms with E-state index >= 15 is 0 Å². The maximum atomic E-state index is 3.39. The zero-order valence-electron chi connectivity index (χ0n) is 12.5. The van der Waals surface area contributed by atoms with E-state index in [1.165, 1.54) is 45.7 Å². The van der Waals surface area contributed by atoms with E-state index in [-0.39, 0.29) is 0 Å². The quantitative estimate of drug-likeness (QED) is 0.577. The van der Waals surface area contributed by atoms with Gasteiger partial charge in [-0.05, 0) is 42.9 Å². The average molecular weight is 319 g/mol. The number of H-pyrrole nitrogens is 1. The summed E-state index contributed by atoms with van der Waals surface area (Å²) < 4.78 is 3.40. The number of thioether (sulfide) groups is 1. The second kappa shape index (κ2) is 6.71. The number of hydrogen-bond donors (Lipinski definition) is 2. The minimum atomic E-state index is 1.16. The van der Waals surface area contributed by atoms with Crippen LogP contribution in [0.2, 0.25) is 0 Å². The summed E-state index contributed by atoms with van der Waals surface area (Å²) in [6.07, 6.45) is 11.3. The summed E-state index contributed by atoms with van der Waals surface area (Å²) in [4.78, 5) is 3.39. The number of aromatic amines is 1. The molecule has 1 aromatic carbocycles. The van der Waals surface area contributed by atoms with Crippen molar-refractivity contribution in [2.24, 2.45) is 0 Å². The van der Waals surface area contributed by atoms with Crippen molar-refractivity contribution in [2.75, 3.05) is 10.7 Å². The van der Waals surface area contributed by atoms with E-state index in [9.17, 15) is 0 Å². The third-order valence-corrected chi connectivity index (χ3v) is 5.76. The van der Waals surface area contributed by atoms with Crippen molar-refractivity contribution < 1.29 is 0 Å². The van der Waals surface area contributed by atoms with Gasteiger partial charge in [-0.2, -0.15) is 0 Å². The van der Waals surface area contributed by atoms with Crippen LogP contribution in [0.25, 0.3) is 10.9 Å². The summed E-state index contributed by atoms with van der Waals surface area (Å²) in [6.45, 7) is 2.25. The van der Waals surface area contributed by atoms with Crippen LogP contribution in [0.1, 0.15) is 31.7 Å². The number of fused-ring (bicyclic) bond motifs is 1. The van der Waals surface area contributed by atoms with Gasteiger partial charge in [0.05, 0.1) is 9.92 Å². The lowest BCUT2D eigenvalue weighted by molar-refractivity contribution is 0.719. The first-order valence-electron chi connectivity index (χ1n) is 7.40. The van der Waals surface area contributed by atoms with Gasteiger partial charge in [-0.1, -0.05) is 19.8 Å². The molecule has 2 aromatic rings. The molecule has 1 aliphatic heterocycles. The molecule has 2 N–H and O–H groups in total. The molecule has 1 aromatic heterocycles. The molecule has 0 radical (unpaired) electrons. The maximum Gasteiger partial charge on any atom is 0.0807 e. The minimum Gasteiger partial charge on any atom is -0.361 e. The van der Waals surface area contributed by atoms with Gasteiger partial charge in [0.25, 0.3) is 0 Å². The van der Waals surface area contributed by atoms with Gasteiger partial charge in [-0.3, -0.25) is 5.43 Å². The number of hydrogen-bond acceptors (Lipinski definition) is 4. The molecule has 3 nitrogen and oxygen atoms in total. The fourth-order valence-electron chi connectivity index (χ4n) is 2.54. The number of aromatic nitrogens is 1. The van der Waals surface area contributed by atoms with Gasteiger partial charge in [0.2, 0.25) is 0 Å². The highest BCUT2D eigenvalue weighted by atomic mass is 32.2. The van der Waals surface area contributed by atoms with Crippen LogP contribution >= 0.6 is 23.7 Å². The summed E-state index contributed by atoms with van der Waals surface area (Å²) in [6, 6.07) is 6.61. The molecular formula is C16H21N3S2. The number of benzene rings is 1. The molecule has 0 amide bonds. The fourth-order valence-corrected chi connectivity index (χ4v) is 3.84. The lowest BCUT2D eigenvalue weighted by Crippen LogP contribution is -2.22. The molecular weight excluding hydrogens is 298 g/mol. The molecule has 0 atom stereocenters. The molecule has 2 heterocycles. The molecule has 112 valence electrons. The monoisotopic (exact) mass is 319 g/mol. The van der Waals surface area contributed by atoms with Crippen molar-refractivity contribution in [1.82, 2.24) is 10.4 Å². The molecule has 0 saturated carbocycles. The molecule has 0 aliphatic carbocycles. The Kier molecular flexibility index (Phi) is 4.70. The topological polar surface area (TPSA) is 31.1 Å². The fraction of sp³-hybridized carbons (Fsp3) is 0.375. The third kappa shape index (κ3) is 3.19. The van der Waals surface area contributed by atoms with Gasteiger partial charge in [0.1, 0.15) is 0 Å². The average Bonchev–Trinajstić information content (AvgIpc) is 3.14. The van der Waals surface area contributed by atoms with E-state index < -0.39 is 0 Å². The predicted molar refractivity (Wildman–Crippen MR) is 96.3 cm³/mol. The van der Waals surface area contributed by atoms with Crippen molar-refractivity contribution in [2.45, 2.75) is 32.6 Å². The smallest absolute Gasteiger partial charge is 0.0807 e. The Morgan fingerprint density at radius 2 is 2.19 bits per heavy atom.